The summed E-state index contributed by atoms with van der Waals surface area (Å²) in [6, 6.07) is -1.06. The lowest BCUT2D eigenvalue weighted by Crippen LogP contribution is -2.30. The average molecular weight is 201 g/mol. The molecule has 1 atom stereocenters. The molecule has 0 radical (unpaired) electrons. The molecular formula is C5H15NO7. The summed E-state index contributed by atoms with van der Waals surface area (Å²) in [6.07, 6.45) is -0.224. The molecule has 0 heterocycles. The minimum absolute atomic E-state index is 0. The predicted octanol–water partition coefficient (Wildman–Crippen LogP) is -3.21. The van der Waals surface area contributed by atoms with E-state index in [1.165, 1.54) is 0 Å². The smallest absolute Gasteiger partial charge is 0.320 e. The summed E-state index contributed by atoms with van der Waals surface area (Å²) in [6.45, 7) is 0. The minimum atomic E-state index is -1.17. The lowest BCUT2D eigenvalue weighted by molar-refractivity contribution is -0.139. The Hall–Kier alpha value is -1.22. The van der Waals surface area contributed by atoms with Crippen LogP contribution < -0.4 is 5.73 Å². The molecule has 0 saturated heterocycles. The maximum atomic E-state index is 9.99. The van der Waals surface area contributed by atoms with Crippen LogP contribution >= 0.6 is 0 Å². The maximum Gasteiger partial charge on any atom is 0.320 e. The molecule has 13 heavy (non-hydrogen) atoms. The number of carboxylic acids is 2. The summed E-state index contributed by atoms with van der Waals surface area (Å²) in [5.74, 6) is -2.20. The second-order valence-corrected chi connectivity index (χ2v) is 1.88. The third-order valence-corrected chi connectivity index (χ3v) is 0.986. The lowest BCUT2D eigenvalue weighted by Gasteiger charge is -2.01. The van der Waals surface area contributed by atoms with Crippen LogP contribution in [0.25, 0.3) is 0 Å². The van der Waals surface area contributed by atoms with E-state index in [4.69, 9.17) is 15.9 Å². The van der Waals surface area contributed by atoms with Crippen molar-refractivity contribution in [2.45, 2.75) is 18.9 Å². The molecular weight excluding hydrogens is 186 g/mol. The Morgan fingerprint density at radius 2 is 1.54 bits per heavy atom. The van der Waals surface area contributed by atoms with E-state index in [9.17, 15) is 9.59 Å². The van der Waals surface area contributed by atoms with Gasteiger partial charge in [0.2, 0.25) is 0 Å². The summed E-state index contributed by atoms with van der Waals surface area (Å²) in [7, 11) is 0. The molecule has 0 aliphatic carbocycles. The molecule has 0 aromatic heterocycles. The fraction of sp³-hybridized carbons (Fsp3) is 0.600. The Labute approximate surface area is 73.9 Å². The monoisotopic (exact) mass is 201 g/mol. The first-order chi connectivity index (χ1) is 4.54. The van der Waals surface area contributed by atoms with Gasteiger partial charge < -0.3 is 32.4 Å². The molecule has 0 rings (SSSR count). The zero-order valence-electron chi connectivity index (χ0n) is 6.78. The molecule has 8 heteroatoms. The largest absolute Gasteiger partial charge is 0.481 e. The second kappa shape index (κ2) is 10.8. The topological polar surface area (TPSA) is 195 Å². The van der Waals surface area contributed by atoms with Crippen LogP contribution in [0.2, 0.25) is 0 Å². The van der Waals surface area contributed by atoms with E-state index >= 15 is 0 Å². The average Bonchev–Trinajstić information content (AvgIpc) is 1.82. The van der Waals surface area contributed by atoms with Gasteiger partial charge in [-0.3, -0.25) is 9.59 Å². The van der Waals surface area contributed by atoms with Crippen molar-refractivity contribution in [3.63, 3.8) is 0 Å². The Balaban J connectivity index is -0.000000135. The first-order valence-electron chi connectivity index (χ1n) is 2.74. The van der Waals surface area contributed by atoms with Gasteiger partial charge in [0.05, 0.1) is 0 Å². The van der Waals surface area contributed by atoms with Crippen LogP contribution in [0.15, 0.2) is 0 Å². The molecule has 82 valence electrons. The quantitative estimate of drug-likeness (QED) is 0.429. The van der Waals surface area contributed by atoms with E-state index < -0.39 is 18.0 Å². The molecule has 0 fully saturated rings. The molecule has 0 unspecified atom stereocenters. The van der Waals surface area contributed by atoms with Gasteiger partial charge in [0.1, 0.15) is 6.04 Å². The van der Waals surface area contributed by atoms with Crippen molar-refractivity contribution in [3.05, 3.63) is 0 Å². The number of carbonyl (C=O) groups is 2. The fourth-order valence-electron chi connectivity index (χ4n) is 0.402. The van der Waals surface area contributed by atoms with Gasteiger partial charge in [0, 0.05) is 6.42 Å². The van der Waals surface area contributed by atoms with Crippen molar-refractivity contribution in [1.82, 2.24) is 0 Å². The van der Waals surface area contributed by atoms with Gasteiger partial charge in [0.25, 0.3) is 0 Å². The van der Waals surface area contributed by atoms with E-state index in [2.05, 4.69) is 0 Å². The van der Waals surface area contributed by atoms with Gasteiger partial charge in [-0.15, -0.1) is 0 Å². The van der Waals surface area contributed by atoms with Crippen molar-refractivity contribution < 1.29 is 36.2 Å². The molecule has 0 saturated carbocycles. The Kier molecular flexibility index (Phi) is 18.8. The van der Waals surface area contributed by atoms with Gasteiger partial charge in [-0.2, -0.15) is 0 Å². The molecule has 0 aromatic rings. The molecule has 8 nitrogen and oxygen atoms in total. The second-order valence-electron chi connectivity index (χ2n) is 1.88. The highest BCUT2D eigenvalue weighted by atomic mass is 16.4. The third-order valence-electron chi connectivity index (χ3n) is 0.986. The van der Waals surface area contributed by atoms with Crippen molar-refractivity contribution >= 4 is 11.9 Å². The van der Waals surface area contributed by atoms with E-state index in [1.807, 2.05) is 0 Å². The highest BCUT2D eigenvalue weighted by molar-refractivity contribution is 5.74. The summed E-state index contributed by atoms with van der Waals surface area (Å²) in [5.41, 5.74) is 5.00. The molecule has 10 N–H and O–H groups in total. The molecule has 0 bridgehead atoms. The first-order valence-corrected chi connectivity index (χ1v) is 2.74. The van der Waals surface area contributed by atoms with Crippen LogP contribution in [0.3, 0.4) is 0 Å². The zero-order chi connectivity index (χ0) is 8.15. The van der Waals surface area contributed by atoms with Crippen LogP contribution in [-0.4, -0.2) is 44.6 Å². The lowest BCUT2D eigenvalue weighted by atomic mass is 10.2. The van der Waals surface area contributed by atoms with Gasteiger partial charge in [-0.05, 0) is 6.42 Å². The SMILES string of the molecule is N[C@H](CCC(=O)O)C(=O)O.O.O.O. The summed E-state index contributed by atoms with van der Waals surface area (Å²) in [5, 5.41) is 16.3. The van der Waals surface area contributed by atoms with Crippen LogP contribution in [0.5, 0.6) is 0 Å². The number of hydrogen-bond acceptors (Lipinski definition) is 3. The highest BCUT2D eigenvalue weighted by Crippen LogP contribution is 1.93. The molecule has 0 aliphatic heterocycles. The number of nitrogens with two attached hydrogens (primary N) is 1. The summed E-state index contributed by atoms with van der Waals surface area (Å²) in [4.78, 5) is 19.9. The van der Waals surface area contributed by atoms with E-state index in [0.29, 0.717) is 0 Å². The fourth-order valence-corrected chi connectivity index (χ4v) is 0.402. The van der Waals surface area contributed by atoms with Crippen LogP contribution in [0, 0.1) is 0 Å². The van der Waals surface area contributed by atoms with E-state index in [1.54, 1.807) is 0 Å². The van der Waals surface area contributed by atoms with Gasteiger partial charge in [0.15, 0.2) is 0 Å². The van der Waals surface area contributed by atoms with Gasteiger partial charge >= 0.3 is 11.9 Å². The zero-order valence-corrected chi connectivity index (χ0v) is 6.78. The van der Waals surface area contributed by atoms with Gasteiger partial charge in [-0.25, -0.2) is 0 Å². The Morgan fingerprint density at radius 3 is 1.77 bits per heavy atom. The molecule has 0 aromatic carbocycles. The number of carboxylic acid groups (broad SMARTS) is 2. The minimum Gasteiger partial charge on any atom is -0.481 e. The molecule has 0 amide bonds. The molecule has 0 spiro atoms. The van der Waals surface area contributed by atoms with Crippen LogP contribution in [-0.2, 0) is 9.59 Å². The highest BCUT2D eigenvalue weighted by Gasteiger charge is 2.12. The Bertz CT molecular complexity index is 148. The standard InChI is InChI=1S/C5H9NO4.3H2O/c6-3(5(9)10)1-2-4(7)8;;;/h3H,1-2,6H2,(H,7,8)(H,9,10);3*1H2/t3-;;;/m1.../s1. The summed E-state index contributed by atoms with van der Waals surface area (Å²) >= 11 is 0. The van der Waals surface area contributed by atoms with Crippen molar-refractivity contribution in [3.8, 4) is 0 Å². The van der Waals surface area contributed by atoms with Crippen LogP contribution in [0.4, 0.5) is 0 Å². The number of hydrogen-bond donors (Lipinski definition) is 3. The molecule has 0 aliphatic rings. The maximum absolute atomic E-state index is 9.99. The van der Waals surface area contributed by atoms with Crippen LogP contribution in [0.1, 0.15) is 12.8 Å². The summed E-state index contributed by atoms with van der Waals surface area (Å²) < 4.78 is 0. The normalized spacial score (nSPS) is 9.62. The Morgan fingerprint density at radius 1 is 1.15 bits per heavy atom. The predicted molar refractivity (Wildman–Crippen MR) is 43.3 cm³/mol. The first kappa shape index (κ1) is 22.6. The number of aliphatic carboxylic acids is 2. The van der Waals surface area contributed by atoms with Crippen molar-refractivity contribution in [1.29, 1.82) is 0 Å². The van der Waals surface area contributed by atoms with Crippen molar-refractivity contribution in [2.75, 3.05) is 0 Å². The van der Waals surface area contributed by atoms with Crippen molar-refractivity contribution in [2.24, 2.45) is 5.73 Å². The third kappa shape index (κ3) is 13.7. The van der Waals surface area contributed by atoms with Gasteiger partial charge in [-0.1, -0.05) is 0 Å². The van der Waals surface area contributed by atoms with E-state index in [-0.39, 0.29) is 29.3 Å². The van der Waals surface area contributed by atoms with E-state index in [0.717, 1.165) is 0 Å². The number of rotatable bonds is 4.